The van der Waals surface area contributed by atoms with Crippen molar-refractivity contribution in [2.45, 2.75) is 19.4 Å². The van der Waals surface area contributed by atoms with E-state index >= 15 is 0 Å². The van der Waals surface area contributed by atoms with Gasteiger partial charge in [0.15, 0.2) is 5.65 Å². The molecular weight excluding hydrogens is 281 g/mol. The highest BCUT2D eigenvalue weighted by atomic mass is 31.1. The SMILES string of the molecule is Nc1ncc2ncn(CC3(C=CO[PH](=O)O)CC3)c2n1. The second-order valence-corrected chi connectivity index (χ2v) is 5.63. The highest BCUT2D eigenvalue weighted by Crippen LogP contribution is 2.49. The predicted molar refractivity (Wildman–Crippen MR) is 72.8 cm³/mol. The van der Waals surface area contributed by atoms with Crippen LogP contribution in [0.4, 0.5) is 5.95 Å². The number of aromatic nitrogens is 4. The highest BCUT2D eigenvalue weighted by molar-refractivity contribution is 7.32. The summed E-state index contributed by atoms with van der Waals surface area (Å²) in [7, 11) is -2.92. The lowest BCUT2D eigenvalue weighted by molar-refractivity contribution is 0.373. The fourth-order valence-electron chi connectivity index (χ4n) is 2.10. The minimum atomic E-state index is -2.92. The van der Waals surface area contributed by atoms with Crippen LogP contribution in [0.25, 0.3) is 11.2 Å². The zero-order valence-corrected chi connectivity index (χ0v) is 11.6. The number of hydrogen-bond donors (Lipinski definition) is 2. The van der Waals surface area contributed by atoms with Gasteiger partial charge in [-0.15, -0.1) is 0 Å². The van der Waals surface area contributed by atoms with Gasteiger partial charge in [0.25, 0.3) is 0 Å². The molecule has 0 amide bonds. The van der Waals surface area contributed by atoms with Crippen molar-refractivity contribution >= 4 is 25.4 Å². The number of nitrogens with two attached hydrogens (primary N) is 1. The Balaban J connectivity index is 1.81. The van der Waals surface area contributed by atoms with Gasteiger partial charge in [-0.05, 0) is 18.9 Å². The van der Waals surface area contributed by atoms with Crippen molar-refractivity contribution in [1.82, 2.24) is 19.5 Å². The zero-order valence-electron chi connectivity index (χ0n) is 10.6. The Hall–Kier alpha value is -1.92. The molecule has 8 nitrogen and oxygen atoms in total. The summed E-state index contributed by atoms with van der Waals surface area (Å²) in [4.78, 5) is 20.9. The Morgan fingerprint density at radius 1 is 1.55 bits per heavy atom. The van der Waals surface area contributed by atoms with E-state index in [2.05, 4.69) is 19.5 Å². The third kappa shape index (κ3) is 2.66. The molecule has 2 aromatic rings. The minimum absolute atomic E-state index is 0.0648. The molecule has 1 saturated carbocycles. The molecule has 20 heavy (non-hydrogen) atoms. The van der Waals surface area contributed by atoms with Crippen LogP contribution in [0.2, 0.25) is 0 Å². The molecule has 1 unspecified atom stereocenters. The number of anilines is 1. The van der Waals surface area contributed by atoms with E-state index in [9.17, 15) is 4.57 Å². The van der Waals surface area contributed by atoms with Gasteiger partial charge in [-0.2, -0.15) is 4.98 Å². The van der Waals surface area contributed by atoms with Gasteiger partial charge in [0.05, 0.1) is 18.8 Å². The van der Waals surface area contributed by atoms with Crippen molar-refractivity contribution < 1.29 is 14.0 Å². The monoisotopic (exact) mass is 295 g/mol. The van der Waals surface area contributed by atoms with Gasteiger partial charge in [-0.3, -0.25) is 0 Å². The number of rotatable bonds is 5. The first kappa shape index (κ1) is 13.1. The molecule has 106 valence electrons. The molecule has 9 heteroatoms. The lowest BCUT2D eigenvalue weighted by Gasteiger charge is -2.11. The number of fused-ring (bicyclic) bond motifs is 1. The molecule has 0 aromatic carbocycles. The van der Waals surface area contributed by atoms with Gasteiger partial charge >= 0.3 is 8.25 Å². The summed E-state index contributed by atoms with van der Waals surface area (Å²) >= 11 is 0. The van der Waals surface area contributed by atoms with Crippen molar-refractivity contribution in [2.75, 3.05) is 5.73 Å². The van der Waals surface area contributed by atoms with E-state index < -0.39 is 8.25 Å². The molecule has 0 aliphatic heterocycles. The first-order valence-electron chi connectivity index (χ1n) is 6.09. The molecule has 2 heterocycles. The van der Waals surface area contributed by atoms with Crippen molar-refractivity contribution in [1.29, 1.82) is 0 Å². The molecule has 1 aliphatic rings. The first-order valence-corrected chi connectivity index (χ1v) is 7.35. The van der Waals surface area contributed by atoms with Crippen LogP contribution < -0.4 is 5.73 Å². The second kappa shape index (κ2) is 4.88. The molecule has 0 saturated heterocycles. The van der Waals surface area contributed by atoms with Crippen LogP contribution in [0, 0.1) is 5.41 Å². The average molecular weight is 295 g/mol. The van der Waals surface area contributed by atoms with Crippen LogP contribution >= 0.6 is 8.25 Å². The maximum absolute atomic E-state index is 10.5. The van der Waals surface area contributed by atoms with Gasteiger partial charge in [0, 0.05) is 12.0 Å². The fourth-order valence-corrected chi connectivity index (χ4v) is 2.28. The second-order valence-electron chi connectivity index (χ2n) is 4.86. The van der Waals surface area contributed by atoms with Crippen LogP contribution in [0.1, 0.15) is 12.8 Å². The van der Waals surface area contributed by atoms with E-state index in [4.69, 9.17) is 10.6 Å². The van der Waals surface area contributed by atoms with Gasteiger partial charge in [-0.1, -0.05) is 0 Å². The van der Waals surface area contributed by atoms with Gasteiger partial charge in [0.2, 0.25) is 5.95 Å². The lowest BCUT2D eigenvalue weighted by Crippen LogP contribution is -2.09. The molecule has 1 aliphatic carbocycles. The highest BCUT2D eigenvalue weighted by Gasteiger charge is 2.41. The van der Waals surface area contributed by atoms with Crippen molar-refractivity contribution in [3.8, 4) is 0 Å². The topological polar surface area (TPSA) is 116 Å². The summed E-state index contributed by atoms with van der Waals surface area (Å²) < 4.78 is 17.0. The first-order chi connectivity index (χ1) is 9.58. The number of hydrogen-bond acceptors (Lipinski definition) is 6. The molecule has 1 fully saturated rings. The maximum Gasteiger partial charge on any atom is 0.364 e. The molecule has 3 rings (SSSR count). The van der Waals surface area contributed by atoms with E-state index in [1.54, 1.807) is 12.5 Å². The summed E-state index contributed by atoms with van der Waals surface area (Å²) in [6.45, 7) is 0.673. The number of allylic oxidation sites excluding steroid dienone is 1. The van der Waals surface area contributed by atoms with Crippen LogP contribution in [-0.4, -0.2) is 24.4 Å². The van der Waals surface area contributed by atoms with Crippen LogP contribution in [0.5, 0.6) is 0 Å². The zero-order chi connectivity index (χ0) is 14.2. The predicted octanol–water partition coefficient (Wildman–Crippen LogP) is 1.10. The Bertz CT molecular complexity index is 694. The molecule has 0 spiro atoms. The molecular formula is C11H14N5O3P. The van der Waals surface area contributed by atoms with Gasteiger partial charge in [0.1, 0.15) is 5.52 Å². The number of imidazole rings is 1. The lowest BCUT2D eigenvalue weighted by atomic mass is 10.1. The smallest absolute Gasteiger partial charge is 0.364 e. The maximum atomic E-state index is 10.5. The van der Waals surface area contributed by atoms with Gasteiger partial charge < -0.3 is 19.7 Å². The van der Waals surface area contributed by atoms with E-state index in [-0.39, 0.29) is 11.4 Å². The van der Waals surface area contributed by atoms with E-state index in [0.29, 0.717) is 17.7 Å². The van der Waals surface area contributed by atoms with Crippen molar-refractivity contribution in [3.05, 3.63) is 24.9 Å². The van der Waals surface area contributed by atoms with Crippen molar-refractivity contribution in [2.24, 2.45) is 5.41 Å². The summed E-state index contributed by atoms with van der Waals surface area (Å²) in [5.41, 5.74) is 6.90. The molecule has 3 N–H and O–H groups in total. The van der Waals surface area contributed by atoms with Gasteiger partial charge in [-0.25, -0.2) is 14.5 Å². The Labute approximate surface area is 115 Å². The summed E-state index contributed by atoms with van der Waals surface area (Å²) in [6.07, 6.45) is 8.38. The minimum Gasteiger partial charge on any atom is -0.435 e. The largest absolute Gasteiger partial charge is 0.435 e. The summed E-state index contributed by atoms with van der Waals surface area (Å²) in [5.74, 6) is 0.210. The molecule has 2 aromatic heterocycles. The normalized spacial score (nSPS) is 18.4. The summed E-state index contributed by atoms with van der Waals surface area (Å²) in [6, 6.07) is 0. The molecule has 1 atom stereocenters. The Morgan fingerprint density at radius 3 is 3.05 bits per heavy atom. The number of nitrogens with zero attached hydrogens (tertiary/aromatic N) is 4. The van der Waals surface area contributed by atoms with Crippen molar-refractivity contribution in [3.63, 3.8) is 0 Å². The Kier molecular flexibility index (Phi) is 3.19. The molecule has 0 bridgehead atoms. The quantitative estimate of drug-likeness (QED) is 0.626. The van der Waals surface area contributed by atoms with E-state index in [1.807, 2.05) is 10.6 Å². The van der Waals surface area contributed by atoms with Crippen LogP contribution in [-0.2, 0) is 15.6 Å². The fraction of sp³-hybridized carbons (Fsp3) is 0.364. The van der Waals surface area contributed by atoms with Crippen LogP contribution in [0.3, 0.4) is 0 Å². The number of nitrogen functional groups attached to an aromatic ring is 1. The molecule has 0 radical (unpaired) electrons. The van der Waals surface area contributed by atoms with E-state index in [1.165, 1.54) is 6.26 Å². The summed E-state index contributed by atoms with van der Waals surface area (Å²) in [5, 5.41) is 0. The van der Waals surface area contributed by atoms with Crippen LogP contribution in [0.15, 0.2) is 24.9 Å². The Morgan fingerprint density at radius 2 is 2.35 bits per heavy atom. The van der Waals surface area contributed by atoms with E-state index in [0.717, 1.165) is 12.8 Å². The third-order valence-electron chi connectivity index (χ3n) is 3.34. The average Bonchev–Trinajstić information content (AvgIpc) is 3.04. The third-order valence-corrected chi connectivity index (χ3v) is 3.68. The standard InChI is InChI=1S/C11H14N5O3P/c12-10-13-5-8-9(15-10)16(7-14-8)6-11(1-2-11)3-4-19-20(17)18/h3-5,7,20H,1-2,6H2,(H,17,18)(H2,12,13,15).